The summed E-state index contributed by atoms with van der Waals surface area (Å²) in [7, 11) is 0. The van der Waals surface area contributed by atoms with Gasteiger partial charge in [0.15, 0.2) is 0 Å². The lowest BCUT2D eigenvalue weighted by molar-refractivity contribution is 1.28. The maximum Gasteiger partial charge on any atom is 0.0534 e. The highest BCUT2D eigenvalue weighted by atomic mass is 32.1. The van der Waals surface area contributed by atoms with Gasteiger partial charge in [0, 0.05) is 11.1 Å². The van der Waals surface area contributed by atoms with Crippen molar-refractivity contribution in [2.75, 3.05) is 0 Å². The minimum Gasteiger partial charge on any atom is -0.0787 e. The van der Waals surface area contributed by atoms with Gasteiger partial charge in [-0.25, -0.2) is 0 Å². The van der Waals surface area contributed by atoms with Gasteiger partial charge in [-0.15, -0.1) is 0 Å². The molecular weight excluding hydrogens is 320 g/mol. The maximum absolute atomic E-state index is 5.96. The summed E-state index contributed by atoms with van der Waals surface area (Å²) in [6.45, 7) is 13.0. The molecule has 0 saturated heterocycles. The number of rotatable bonds is 2. The Morgan fingerprint density at radius 3 is 1.20 bits per heavy atom. The van der Waals surface area contributed by atoms with Crippen molar-refractivity contribution in [2.45, 2.75) is 46.4 Å². The third-order valence-electron chi connectivity index (χ3n) is 4.91. The van der Waals surface area contributed by atoms with E-state index < -0.39 is 0 Å². The summed E-state index contributed by atoms with van der Waals surface area (Å²) >= 11 is 5.96. The van der Waals surface area contributed by atoms with Gasteiger partial charge in [-0.2, -0.15) is 0 Å². The maximum atomic E-state index is 5.96. The third-order valence-corrected chi connectivity index (χ3v) is 5.35. The van der Waals surface area contributed by atoms with Gasteiger partial charge in [0.05, 0.1) is 4.90 Å². The minimum atomic E-state index is 0.951. The van der Waals surface area contributed by atoms with Crippen LogP contribution in [0.15, 0.2) is 47.4 Å². The quantitative estimate of drug-likeness (QED) is 0.453. The first-order valence-corrected chi connectivity index (χ1v) is 9.17. The summed E-state index contributed by atoms with van der Waals surface area (Å²) < 4.78 is 0. The van der Waals surface area contributed by atoms with Gasteiger partial charge in [0.25, 0.3) is 0 Å². The normalized spacial score (nSPS) is 11.0. The molecule has 0 atom stereocenters. The van der Waals surface area contributed by atoms with Crippen LogP contribution < -0.4 is 0 Å². The van der Waals surface area contributed by atoms with Crippen LogP contribution in [0, 0.1) is 41.5 Å². The van der Waals surface area contributed by atoms with E-state index in [1.807, 2.05) is 0 Å². The fraction of sp³-hybridized carbons (Fsp3) is 0.250. The Kier molecular flexibility index (Phi) is 4.71. The molecule has 0 bridgehead atoms. The van der Waals surface area contributed by atoms with E-state index in [9.17, 15) is 0 Å². The Morgan fingerprint density at radius 1 is 0.560 bits per heavy atom. The molecule has 0 aliphatic carbocycles. The molecule has 1 heteroatoms. The second kappa shape index (κ2) is 6.65. The monoisotopic (exact) mass is 345 g/mol. The van der Waals surface area contributed by atoms with Gasteiger partial charge in [0.1, 0.15) is 0 Å². The fourth-order valence-corrected chi connectivity index (χ4v) is 4.48. The first-order chi connectivity index (χ1) is 11.8. The average molecular weight is 346 g/mol. The summed E-state index contributed by atoms with van der Waals surface area (Å²) in [5.74, 6) is 0. The average Bonchev–Trinajstić information content (AvgIpc) is 2.48. The molecule has 0 fully saturated rings. The fourth-order valence-electron chi connectivity index (χ4n) is 4.14. The van der Waals surface area contributed by atoms with Gasteiger partial charge >= 0.3 is 0 Å². The van der Waals surface area contributed by atoms with Gasteiger partial charge in [-0.3, -0.25) is 0 Å². The molecule has 0 amide bonds. The molecule has 127 valence electrons. The molecule has 0 aliphatic heterocycles. The predicted molar refractivity (Wildman–Crippen MR) is 112 cm³/mol. The lowest BCUT2D eigenvalue weighted by atomic mass is 9.89. The molecule has 0 aliphatic rings. The molecule has 3 aromatic rings. The van der Waals surface area contributed by atoms with Gasteiger partial charge in [-0.1, -0.05) is 66.2 Å². The van der Waals surface area contributed by atoms with Crippen LogP contribution in [0.1, 0.15) is 33.4 Å². The predicted octanol–water partition coefficient (Wildman–Crippen LogP) is 7.43. The summed E-state index contributed by atoms with van der Waals surface area (Å²) in [6, 6.07) is 15.4. The Bertz CT molecular complexity index is 842. The lowest BCUT2D eigenvalue weighted by Gasteiger charge is -2.18. The summed E-state index contributed by atoms with van der Waals surface area (Å²) in [5.41, 5.74) is 12.6. The number of hydrogen-bond acceptors (Lipinski definition) is 0. The Morgan fingerprint density at radius 2 is 0.880 bits per heavy atom. The zero-order valence-corrected chi connectivity index (χ0v) is 16.8. The zero-order chi connectivity index (χ0) is 18.3. The standard InChI is InChI=1S/C24H25S/c1-14-10-16(3)22(17(4)11-14)20-8-7-9-21(24(20)25)23-18(5)12-15(2)13-19(23)6/h7-13H,1-6H3. The second-order valence-corrected chi connectivity index (χ2v) is 7.64. The van der Waals surface area contributed by atoms with Crippen LogP contribution in [-0.2, 0) is 0 Å². The summed E-state index contributed by atoms with van der Waals surface area (Å²) in [4.78, 5) is 0.951. The highest BCUT2D eigenvalue weighted by molar-refractivity contribution is 7.80. The van der Waals surface area contributed by atoms with Crippen molar-refractivity contribution in [3.8, 4) is 22.3 Å². The van der Waals surface area contributed by atoms with Crippen molar-refractivity contribution in [3.05, 3.63) is 75.8 Å². The van der Waals surface area contributed by atoms with Crippen molar-refractivity contribution in [1.82, 2.24) is 0 Å². The molecule has 0 unspecified atom stereocenters. The summed E-state index contributed by atoms with van der Waals surface area (Å²) in [6.07, 6.45) is 0. The smallest absolute Gasteiger partial charge is 0.0534 e. The molecule has 25 heavy (non-hydrogen) atoms. The van der Waals surface area contributed by atoms with E-state index in [0.717, 1.165) is 4.90 Å². The van der Waals surface area contributed by atoms with Crippen molar-refractivity contribution in [2.24, 2.45) is 0 Å². The van der Waals surface area contributed by atoms with E-state index in [0.29, 0.717) is 0 Å². The number of aryl methyl sites for hydroxylation is 6. The van der Waals surface area contributed by atoms with Crippen molar-refractivity contribution < 1.29 is 0 Å². The van der Waals surface area contributed by atoms with E-state index in [1.165, 1.54) is 55.6 Å². The molecule has 0 N–H and O–H groups in total. The highest BCUT2D eigenvalue weighted by Gasteiger charge is 2.16. The van der Waals surface area contributed by atoms with Gasteiger partial charge < -0.3 is 0 Å². The van der Waals surface area contributed by atoms with E-state index in [2.05, 4.69) is 84.0 Å². The molecule has 0 nitrogen and oxygen atoms in total. The van der Waals surface area contributed by atoms with E-state index >= 15 is 0 Å². The molecule has 0 heterocycles. The first kappa shape index (κ1) is 17.7. The Hall–Kier alpha value is -2.12. The Labute approximate surface area is 157 Å². The van der Waals surface area contributed by atoms with E-state index in [4.69, 9.17) is 12.6 Å². The topological polar surface area (TPSA) is 0 Å². The van der Waals surface area contributed by atoms with Gasteiger partial charge in [-0.05, 0) is 74.9 Å². The van der Waals surface area contributed by atoms with Crippen LogP contribution in [0.2, 0.25) is 0 Å². The molecule has 3 aromatic carbocycles. The highest BCUT2D eigenvalue weighted by Crippen LogP contribution is 2.40. The number of benzene rings is 3. The molecule has 0 aromatic heterocycles. The van der Waals surface area contributed by atoms with Crippen molar-refractivity contribution in [3.63, 3.8) is 0 Å². The van der Waals surface area contributed by atoms with E-state index in [1.54, 1.807) is 0 Å². The lowest BCUT2D eigenvalue weighted by Crippen LogP contribution is -1.95. The SMILES string of the molecule is Cc1cc(C)c(-c2cccc(-c3c(C)cc(C)cc3C)c2[S])c(C)c1. The molecule has 1 radical (unpaired) electrons. The molecular formula is C24H25S. The van der Waals surface area contributed by atoms with Crippen LogP contribution in [0.4, 0.5) is 0 Å². The third kappa shape index (κ3) is 3.21. The van der Waals surface area contributed by atoms with Crippen LogP contribution in [0.5, 0.6) is 0 Å². The molecule has 3 rings (SSSR count). The van der Waals surface area contributed by atoms with Crippen molar-refractivity contribution in [1.29, 1.82) is 0 Å². The minimum absolute atomic E-state index is 0.951. The molecule has 0 saturated carbocycles. The Balaban J connectivity index is 2.28. The van der Waals surface area contributed by atoms with E-state index in [-0.39, 0.29) is 0 Å². The molecule has 0 spiro atoms. The summed E-state index contributed by atoms with van der Waals surface area (Å²) in [5, 5.41) is 0. The largest absolute Gasteiger partial charge is 0.0787 e. The number of hydrogen-bond donors (Lipinski definition) is 0. The van der Waals surface area contributed by atoms with Crippen molar-refractivity contribution >= 4 is 12.6 Å². The van der Waals surface area contributed by atoms with Crippen LogP contribution in [0.3, 0.4) is 0 Å². The first-order valence-electron chi connectivity index (χ1n) is 8.76. The second-order valence-electron chi connectivity index (χ2n) is 7.23. The van der Waals surface area contributed by atoms with Crippen LogP contribution >= 0.6 is 12.6 Å². The van der Waals surface area contributed by atoms with Crippen LogP contribution in [0.25, 0.3) is 22.3 Å². The zero-order valence-electron chi connectivity index (χ0n) is 15.9. The van der Waals surface area contributed by atoms with Gasteiger partial charge in [0.2, 0.25) is 0 Å². The van der Waals surface area contributed by atoms with Crippen LogP contribution in [-0.4, -0.2) is 0 Å².